The van der Waals surface area contributed by atoms with Gasteiger partial charge >= 0.3 is 0 Å². The molecule has 0 aliphatic rings. The molecule has 0 aliphatic heterocycles. The number of methoxy groups -OCH3 is 1. The number of aromatic nitrogens is 2. The van der Waals surface area contributed by atoms with E-state index in [1.807, 2.05) is 17.0 Å². The molecule has 3 aromatic rings. The van der Waals surface area contributed by atoms with Crippen LogP contribution in [-0.4, -0.2) is 22.7 Å². The summed E-state index contributed by atoms with van der Waals surface area (Å²) >= 11 is 0. The fourth-order valence-corrected chi connectivity index (χ4v) is 2.75. The maximum absolute atomic E-state index is 12.5. The summed E-state index contributed by atoms with van der Waals surface area (Å²) in [5.74, 6) is 0.681. The minimum Gasteiger partial charge on any atom is -0.497 e. The number of rotatable bonds is 6. The molecule has 138 valence electrons. The second-order valence-electron chi connectivity index (χ2n) is 6.80. The Morgan fingerprint density at radius 2 is 1.74 bits per heavy atom. The number of hydrogen-bond acceptors (Lipinski definition) is 3. The molecule has 0 spiro atoms. The Bertz CT molecular complexity index is 949. The Balaban J connectivity index is 1.91. The van der Waals surface area contributed by atoms with E-state index in [9.17, 15) is 4.79 Å². The van der Waals surface area contributed by atoms with Gasteiger partial charge in [-0.3, -0.25) is 9.48 Å². The van der Waals surface area contributed by atoms with Crippen molar-refractivity contribution in [1.29, 1.82) is 0 Å². The molecule has 1 heterocycles. The lowest BCUT2D eigenvalue weighted by molar-refractivity contribution is 0.104. The van der Waals surface area contributed by atoms with Crippen LogP contribution in [0.25, 0.3) is 17.3 Å². The maximum Gasteiger partial charge on any atom is 0.185 e. The van der Waals surface area contributed by atoms with Crippen LogP contribution in [-0.2, 0) is 0 Å². The summed E-state index contributed by atoms with van der Waals surface area (Å²) in [5, 5.41) is 4.72. The Hall–Kier alpha value is -3.14. The van der Waals surface area contributed by atoms with Gasteiger partial charge in [0.1, 0.15) is 5.75 Å². The fraction of sp³-hybridized carbons (Fsp3) is 0.217. The molecule has 4 heteroatoms. The molecule has 0 amide bonds. The van der Waals surface area contributed by atoms with Crippen molar-refractivity contribution in [2.45, 2.75) is 26.8 Å². The molecular weight excluding hydrogens is 336 g/mol. The molecule has 0 aliphatic carbocycles. The van der Waals surface area contributed by atoms with Gasteiger partial charge in [-0.1, -0.05) is 29.8 Å². The van der Waals surface area contributed by atoms with Gasteiger partial charge < -0.3 is 4.74 Å². The SMILES string of the molecule is COc1ccc(C(=O)C=Cc2cn(C(C)C)nc2-c2ccc(C)cc2)cc1. The molecule has 0 bridgehead atoms. The zero-order valence-corrected chi connectivity index (χ0v) is 16.1. The van der Waals surface area contributed by atoms with Gasteiger partial charge in [0.15, 0.2) is 5.78 Å². The Kier molecular flexibility index (Phi) is 5.55. The Labute approximate surface area is 160 Å². The van der Waals surface area contributed by atoms with Crippen molar-refractivity contribution in [3.8, 4) is 17.0 Å². The van der Waals surface area contributed by atoms with Crippen LogP contribution in [0.3, 0.4) is 0 Å². The summed E-state index contributed by atoms with van der Waals surface area (Å²) in [6.45, 7) is 6.23. The molecule has 0 unspecified atom stereocenters. The van der Waals surface area contributed by atoms with Crippen LogP contribution < -0.4 is 4.74 Å². The van der Waals surface area contributed by atoms with Crippen molar-refractivity contribution in [3.05, 3.63) is 77.5 Å². The number of carbonyl (C=O) groups excluding carboxylic acids is 1. The summed E-state index contributed by atoms with van der Waals surface area (Å²) < 4.78 is 7.06. The van der Waals surface area contributed by atoms with Crippen molar-refractivity contribution >= 4 is 11.9 Å². The summed E-state index contributed by atoms with van der Waals surface area (Å²) in [5.41, 5.74) is 4.67. The fourth-order valence-electron chi connectivity index (χ4n) is 2.75. The second-order valence-corrected chi connectivity index (χ2v) is 6.80. The van der Waals surface area contributed by atoms with E-state index in [-0.39, 0.29) is 11.8 Å². The first-order valence-electron chi connectivity index (χ1n) is 9.00. The molecule has 4 nitrogen and oxygen atoms in total. The number of aryl methyl sites for hydroxylation is 1. The van der Waals surface area contributed by atoms with Gasteiger partial charge in [-0.2, -0.15) is 5.10 Å². The zero-order chi connectivity index (χ0) is 19.4. The molecule has 0 atom stereocenters. The summed E-state index contributed by atoms with van der Waals surface area (Å²) in [6.07, 6.45) is 5.42. The van der Waals surface area contributed by atoms with Crippen LogP contribution in [0, 0.1) is 6.92 Å². The lowest BCUT2D eigenvalue weighted by Gasteiger charge is -2.03. The van der Waals surface area contributed by atoms with E-state index in [0.29, 0.717) is 5.56 Å². The average Bonchev–Trinajstić information content (AvgIpc) is 3.11. The number of benzene rings is 2. The molecule has 0 radical (unpaired) electrons. The zero-order valence-electron chi connectivity index (χ0n) is 16.1. The minimum absolute atomic E-state index is 0.0511. The molecule has 27 heavy (non-hydrogen) atoms. The number of allylic oxidation sites excluding steroid dienone is 1. The Morgan fingerprint density at radius 1 is 1.07 bits per heavy atom. The van der Waals surface area contributed by atoms with Crippen molar-refractivity contribution in [1.82, 2.24) is 9.78 Å². The first-order chi connectivity index (χ1) is 13.0. The molecule has 0 fully saturated rings. The number of hydrogen-bond donors (Lipinski definition) is 0. The summed E-state index contributed by atoms with van der Waals surface area (Å²) in [7, 11) is 1.61. The number of ether oxygens (including phenoxy) is 1. The van der Waals surface area contributed by atoms with Crippen molar-refractivity contribution in [2.24, 2.45) is 0 Å². The van der Waals surface area contributed by atoms with E-state index >= 15 is 0 Å². The third-order valence-electron chi connectivity index (χ3n) is 4.40. The Morgan fingerprint density at radius 3 is 2.33 bits per heavy atom. The highest BCUT2D eigenvalue weighted by Gasteiger charge is 2.11. The number of ketones is 1. The summed E-state index contributed by atoms with van der Waals surface area (Å²) in [4.78, 5) is 12.5. The monoisotopic (exact) mass is 360 g/mol. The highest BCUT2D eigenvalue weighted by Crippen LogP contribution is 2.25. The predicted molar refractivity (Wildman–Crippen MR) is 109 cm³/mol. The third-order valence-corrected chi connectivity index (χ3v) is 4.40. The summed E-state index contributed by atoms with van der Waals surface area (Å²) in [6, 6.07) is 15.6. The van der Waals surface area contributed by atoms with Crippen LogP contribution in [0.5, 0.6) is 5.75 Å². The van der Waals surface area contributed by atoms with Crippen molar-refractivity contribution < 1.29 is 9.53 Å². The normalized spacial score (nSPS) is 11.3. The van der Waals surface area contributed by atoms with Crippen LogP contribution in [0.4, 0.5) is 0 Å². The molecule has 1 aromatic heterocycles. The van der Waals surface area contributed by atoms with Crippen LogP contribution in [0.2, 0.25) is 0 Å². The standard InChI is InChI=1S/C23H24N2O2/c1-16(2)25-15-20(23(24-25)19-7-5-17(3)6-8-19)11-14-22(26)18-9-12-21(27-4)13-10-18/h5-16H,1-4H3. The van der Waals surface area contributed by atoms with Crippen molar-refractivity contribution in [2.75, 3.05) is 7.11 Å². The van der Waals surface area contributed by atoms with E-state index in [1.54, 1.807) is 37.5 Å². The molecule has 0 N–H and O–H groups in total. The number of nitrogens with zero attached hydrogens (tertiary/aromatic N) is 2. The average molecular weight is 360 g/mol. The van der Waals surface area contributed by atoms with Crippen LogP contribution >= 0.6 is 0 Å². The molecule has 0 saturated heterocycles. The van der Waals surface area contributed by atoms with E-state index in [0.717, 1.165) is 22.6 Å². The van der Waals surface area contributed by atoms with Gasteiger partial charge in [0, 0.05) is 28.9 Å². The highest BCUT2D eigenvalue weighted by atomic mass is 16.5. The van der Waals surface area contributed by atoms with E-state index < -0.39 is 0 Å². The van der Waals surface area contributed by atoms with E-state index in [2.05, 4.69) is 45.0 Å². The number of carbonyl (C=O) groups is 1. The molecule has 0 saturated carbocycles. The lowest BCUT2D eigenvalue weighted by atomic mass is 10.0. The minimum atomic E-state index is -0.0511. The first kappa shape index (κ1) is 18.6. The van der Waals surface area contributed by atoms with E-state index in [4.69, 9.17) is 9.84 Å². The highest BCUT2D eigenvalue weighted by molar-refractivity contribution is 6.07. The van der Waals surface area contributed by atoms with Gasteiger partial charge in [-0.15, -0.1) is 0 Å². The van der Waals surface area contributed by atoms with E-state index in [1.165, 1.54) is 5.56 Å². The third kappa shape index (κ3) is 4.34. The predicted octanol–water partition coefficient (Wildman–Crippen LogP) is 5.34. The van der Waals surface area contributed by atoms with Gasteiger partial charge in [0.05, 0.1) is 12.8 Å². The van der Waals surface area contributed by atoms with Gasteiger partial charge in [0.2, 0.25) is 0 Å². The smallest absolute Gasteiger partial charge is 0.185 e. The van der Waals surface area contributed by atoms with Crippen LogP contribution in [0.15, 0.2) is 60.8 Å². The van der Waals surface area contributed by atoms with Gasteiger partial charge in [-0.05, 0) is 57.2 Å². The first-order valence-corrected chi connectivity index (χ1v) is 9.00. The maximum atomic E-state index is 12.5. The lowest BCUT2D eigenvalue weighted by Crippen LogP contribution is -2.00. The molecule has 3 rings (SSSR count). The molecular formula is C23H24N2O2. The largest absolute Gasteiger partial charge is 0.497 e. The van der Waals surface area contributed by atoms with Crippen molar-refractivity contribution in [3.63, 3.8) is 0 Å². The van der Waals surface area contributed by atoms with Gasteiger partial charge in [0.25, 0.3) is 0 Å². The van der Waals surface area contributed by atoms with Gasteiger partial charge in [-0.25, -0.2) is 0 Å². The quantitative estimate of drug-likeness (QED) is 0.440. The topological polar surface area (TPSA) is 44.1 Å². The van der Waals surface area contributed by atoms with Crippen LogP contribution in [0.1, 0.15) is 41.4 Å². The molecule has 2 aromatic carbocycles. The second kappa shape index (κ2) is 8.04.